The number of hydrogen-bond acceptors (Lipinski definition) is 5. The monoisotopic (exact) mass is 313 g/mol. The summed E-state index contributed by atoms with van der Waals surface area (Å²) in [7, 11) is 2.16. The molecule has 1 aliphatic rings. The Bertz CT molecular complexity index is 413. The van der Waals surface area contributed by atoms with Crippen LogP contribution in [-0.2, 0) is 6.54 Å². The molecule has 0 aromatic carbocycles. The number of thioether (sulfide) groups is 1. The molecule has 0 saturated heterocycles. The van der Waals surface area contributed by atoms with Gasteiger partial charge in [0.05, 0.1) is 5.69 Å². The average molecular weight is 314 g/mol. The van der Waals surface area contributed by atoms with Gasteiger partial charge in [-0.3, -0.25) is 0 Å². The number of nitrogens with one attached hydrogen (secondary N) is 1. The Morgan fingerprint density at radius 2 is 2.20 bits per heavy atom. The van der Waals surface area contributed by atoms with Gasteiger partial charge in [-0.2, -0.15) is 11.8 Å². The van der Waals surface area contributed by atoms with Crippen LogP contribution in [0, 0.1) is 5.92 Å². The zero-order chi connectivity index (χ0) is 14.5. The summed E-state index contributed by atoms with van der Waals surface area (Å²) in [6.45, 7) is 7.65. The third kappa shape index (κ3) is 4.64. The molecule has 0 radical (unpaired) electrons. The Hall–Kier alpha value is -0.260. The first kappa shape index (κ1) is 16.1. The standard InChI is InChI=1S/C15H27N3S2/c1-11(2)9-16-10-13-14(12-5-6-12)17-15(20-13)18(3)7-8-19-4/h11-12,16H,5-10H2,1-4H3. The Morgan fingerprint density at radius 3 is 2.80 bits per heavy atom. The van der Waals surface area contributed by atoms with E-state index in [1.54, 1.807) is 0 Å². The Balaban J connectivity index is 1.99. The molecule has 1 N–H and O–H groups in total. The molecule has 1 heterocycles. The van der Waals surface area contributed by atoms with Gasteiger partial charge < -0.3 is 10.2 Å². The SMILES string of the molecule is CSCCN(C)c1nc(C2CC2)c(CNCC(C)C)s1. The summed E-state index contributed by atoms with van der Waals surface area (Å²) in [6, 6.07) is 0. The van der Waals surface area contributed by atoms with Crippen LogP contribution >= 0.6 is 23.1 Å². The fourth-order valence-electron chi connectivity index (χ4n) is 2.11. The van der Waals surface area contributed by atoms with Crippen molar-refractivity contribution in [2.45, 2.75) is 39.2 Å². The summed E-state index contributed by atoms with van der Waals surface area (Å²) in [6.07, 6.45) is 4.82. The van der Waals surface area contributed by atoms with Gasteiger partial charge >= 0.3 is 0 Å². The highest BCUT2D eigenvalue weighted by molar-refractivity contribution is 7.98. The van der Waals surface area contributed by atoms with Crippen LogP contribution in [0.5, 0.6) is 0 Å². The van der Waals surface area contributed by atoms with Crippen molar-refractivity contribution in [3.05, 3.63) is 10.6 Å². The van der Waals surface area contributed by atoms with Crippen LogP contribution in [0.15, 0.2) is 0 Å². The van der Waals surface area contributed by atoms with Gasteiger partial charge in [0, 0.05) is 36.7 Å². The van der Waals surface area contributed by atoms with E-state index in [4.69, 9.17) is 4.98 Å². The van der Waals surface area contributed by atoms with E-state index in [1.165, 1.54) is 28.5 Å². The van der Waals surface area contributed by atoms with Crippen molar-refractivity contribution in [3.8, 4) is 0 Å². The van der Waals surface area contributed by atoms with Gasteiger partial charge in [0.1, 0.15) is 0 Å². The zero-order valence-electron chi connectivity index (χ0n) is 13.1. The van der Waals surface area contributed by atoms with Crippen molar-refractivity contribution in [2.24, 2.45) is 5.92 Å². The summed E-state index contributed by atoms with van der Waals surface area (Å²) in [4.78, 5) is 8.68. The third-order valence-electron chi connectivity index (χ3n) is 3.48. The molecule has 0 spiro atoms. The molecule has 0 unspecified atom stereocenters. The number of hydrogen-bond donors (Lipinski definition) is 1. The van der Waals surface area contributed by atoms with Crippen molar-refractivity contribution >= 4 is 28.2 Å². The van der Waals surface area contributed by atoms with Gasteiger partial charge in [-0.25, -0.2) is 4.98 Å². The molecule has 2 rings (SSSR count). The van der Waals surface area contributed by atoms with E-state index in [-0.39, 0.29) is 0 Å². The number of thiazole rings is 1. The predicted molar refractivity (Wildman–Crippen MR) is 92.3 cm³/mol. The second-order valence-electron chi connectivity index (χ2n) is 6.02. The summed E-state index contributed by atoms with van der Waals surface area (Å²) in [5.41, 5.74) is 1.37. The molecule has 5 heteroatoms. The lowest BCUT2D eigenvalue weighted by atomic mass is 10.2. The molecule has 0 atom stereocenters. The summed E-state index contributed by atoms with van der Waals surface area (Å²) in [5.74, 6) is 2.61. The molecule has 1 aromatic heterocycles. The lowest BCUT2D eigenvalue weighted by Gasteiger charge is -2.14. The molecule has 1 fully saturated rings. The molecule has 20 heavy (non-hydrogen) atoms. The van der Waals surface area contributed by atoms with Gasteiger partial charge in [0.15, 0.2) is 5.13 Å². The van der Waals surface area contributed by atoms with E-state index in [2.05, 4.69) is 37.4 Å². The third-order valence-corrected chi connectivity index (χ3v) is 5.25. The number of aromatic nitrogens is 1. The number of nitrogens with zero attached hydrogens (tertiary/aromatic N) is 2. The first-order valence-electron chi connectivity index (χ1n) is 7.52. The highest BCUT2D eigenvalue weighted by atomic mass is 32.2. The summed E-state index contributed by atoms with van der Waals surface area (Å²) < 4.78 is 0. The lowest BCUT2D eigenvalue weighted by molar-refractivity contribution is 0.553. The molecule has 0 amide bonds. The normalized spacial score (nSPS) is 15.1. The van der Waals surface area contributed by atoms with Gasteiger partial charge in [0.2, 0.25) is 0 Å². The van der Waals surface area contributed by atoms with E-state index in [0.29, 0.717) is 5.92 Å². The van der Waals surface area contributed by atoms with Crippen LogP contribution in [-0.4, -0.2) is 37.1 Å². The maximum absolute atomic E-state index is 4.92. The minimum Gasteiger partial charge on any atom is -0.350 e. The van der Waals surface area contributed by atoms with Crippen molar-refractivity contribution < 1.29 is 0 Å². The second-order valence-corrected chi connectivity index (χ2v) is 8.07. The summed E-state index contributed by atoms with van der Waals surface area (Å²) >= 11 is 3.78. The smallest absolute Gasteiger partial charge is 0.185 e. The van der Waals surface area contributed by atoms with E-state index in [1.807, 2.05) is 23.1 Å². The summed E-state index contributed by atoms with van der Waals surface area (Å²) in [5, 5.41) is 4.76. The maximum Gasteiger partial charge on any atom is 0.185 e. The van der Waals surface area contributed by atoms with Gasteiger partial charge in [-0.15, -0.1) is 11.3 Å². The zero-order valence-corrected chi connectivity index (χ0v) is 14.7. The Kier molecular flexibility index (Phi) is 6.18. The maximum atomic E-state index is 4.92. The fourth-order valence-corrected chi connectivity index (χ4v) is 3.67. The average Bonchev–Trinajstić information content (AvgIpc) is 3.17. The van der Waals surface area contributed by atoms with Crippen LogP contribution < -0.4 is 10.2 Å². The largest absolute Gasteiger partial charge is 0.350 e. The minimum absolute atomic E-state index is 0.705. The molecule has 1 aromatic rings. The highest BCUT2D eigenvalue weighted by Gasteiger charge is 2.30. The Morgan fingerprint density at radius 1 is 1.45 bits per heavy atom. The van der Waals surface area contributed by atoms with E-state index < -0.39 is 0 Å². The van der Waals surface area contributed by atoms with Crippen LogP contribution in [0.4, 0.5) is 5.13 Å². The van der Waals surface area contributed by atoms with Crippen LogP contribution in [0.3, 0.4) is 0 Å². The van der Waals surface area contributed by atoms with Crippen molar-refractivity contribution in [3.63, 3.8) is 0 Å². The Labute approximate surface area is 131 Å². The lowest BCUT2D eigenvalue weighted by Crippen LogP contribution is -2.19. The number of anilines is 1. The molecule has 1 aliphatic carbocycles. The van der Waals surface area contributed by atoms with Crippen molar-refractivity contribution in [2.75, 3.05) is 37.0 Å². The second kappa shape index (κ2) is 7.66. The first-order valence-corrected chi connectivity index (χ1v) is 9.73. The number of rotatable bonds is 9. The van der Waals surface area contributed by atoms with Crippen LogP contribution in [0.25, 0.3) is 0 Å². The molecule has 114 valence electrons. The van der Waals surface area contributed by atoms with Gasteiger partial charge in [-0.1, -0.05) is 13.8 Å². The van der Waals surface area contributed by atoms with Crippen molar-refractivity contribution in [1.29, 1.82) is 0 Å². The fraction of sp³-hybridized carbons (Fsp3) is 0.800. The topological polar surface area (TPSA) is 28.2 Å². The van der Waals surface area contributed by atoms with Crippen molar-refractivity contribution in [1.82, 2.24) is 10.3 Å². The van der Waals surface area contributed by atoms with E-state index >= 15 is 0 Å². The van der Waals surface area contributed by atoms with Gasteiger partial charge in [-0.05, 0) is 31.6 Å². The van der Waals surface area contributed by atoms with E-state index in [0.717, 1.165) is 31.3 Å². The minimum atomic E-state index is 0.705. The van der Waals surface area contributed by atoms with Crippen LogP contribution in [0.1, 0.15) is 43.2 Å². The van der Waals surface area contributed by atoms with E-state index in [9.17, 15) is 0 Å². The van der Waals surface area contributed by atoms with Crippen LogP contribution in [0.2, 0.25) is 0 Å². The predicted octanol–water partition coefficient (Wildman–Crippen LogP) is 3.57. The molecule has 3 nitrogen and oxygen atoms in total. The quantitative estimate of drug-likeness (QED) is 0.754. The molecule has 1 saturated carbocycles. The molecule has 0 bridgehead atoms. The highest BCUT2D eigenvalue weighted by Crippen LogP contribution is 2.44. The first-order chi connectivity index (χ1) is 9.61. The molecular weight excluding hydrogens is 286 g/mol. The van der Waals surface area contributed by atoms with Gasteiger partial charge in [0.25, 0.3) is 0 Å². The molecular formula is C15H27N3S2. The molecule has 0 aliphatic heterocycles.